The maximum absolute atomic E-state index is 12.9. The lowest BCUT2D eigenvalue weighted by atomic mass is 10.1. The summed E-state index contributed by atoms with van der Waals surface area (Å²) in [5.41, 5.74) is 2.30. The smallest absolute Gasteiger partial charge is 0.124 e. The van der Waals surface area contributed by atoms with E-state index in [1.165, 1.54) is 17.7 Å². The number of rotatable bonds is 6. The monoisotopic (exact) mass is 322 g/mol. The zero-order chi connectivity index (χ0) is 13.5. The van der Waals surface area contributed by atoms with Gasteiger partial charge in [-0.25, -0.2) is 4.39 Å². The van der Waals surface area contributed by atoms with E-state index in [4.69, 9.17) is 4.74 Å². The molecule has 0 aliphatic rings. The van der Waals surface area contributed by atoms with E-state index in [0.29, 0.717) is 13.2 Å². The van der Waals surface area contributed by atoms with E-state index in [-0.39, 0.29) is 5.82 Å². The Morgan fingerprint density at radius 1 is 1.05 bits per heavy atom. The number of benzene rings is 2. The van der Waals surface area contributed by atoms with Gasteiger partial charge in [-0.1, -0.05) is 52.3 Å². The lowest BCUT2D eigenvalue weighted by Crippen LogP contribution is -1.98. The third-order valence-electron chi connectivity index (χ3n) is 2.87. The summed E-state index contributed by atoms with van der Waals surface area (Å²) in [6.07, 6.45) is 2.01. The first kappa shape index (κ1) is 14.2. The summed E-state index contributed by atoms with van der Waals surface area (Å²) in [4.78, 5) is 0. The highest BCUT2D eigenvalue weighted by Crippen LogP contribution is 2.18. The van der Waals surface area contributed by atoms with Crippen LogP contribution < -0.4 is 0 Å². The first-order valence-electron chi connectivity index (χ1n) is 6.31. The molecule has 0 saturated carbocycles. The number of hydrogen-bond donors (Lipinski definition) is 0. The molecule has 0 radical (unpaired) electrons. The third kappa shape index (κ3) is 4.77. The molecule has 0 aliphatic carbocycles. The summed E-state index contributed by atoms with van der Waals surface area (Å²) >= 11 is 3.33. The van der Waals surface area contributed by atoms with Crippen molar-refractivity contribution in [1.29, 1.82) is 0 Å². The second-order valence-corrected chi connectivity index (χ2v) is 5.23. The fourth-order valence-electron chi connectivity index (χ4n) is 1.84. The largest absolute Gasteiger partial charge is 0.377 e. The van der Waals surface area contributed by atoms with Crippen LogP contribution in [0.1, 0.15) is 17.5 Å². The topological polar surface area (TPSA) is 9.23 Å². The van der Waals surface area contributed by atoms with E-state index in [2.05, 4.69) is 28.1 Å². The van der Waals surface area contributed by atoms with Crippen molar-refractivity contribution in [3.63, 3.8) is 0 Å². The van der Waals surface area contributed by atoms with Crippen LogP contribution in [0.5, 0.6) is 0 Å². The van der Waals surface area contributed by atoms with Crippen molar-refractivity contribution in [3.05, 3.63) is 69.9 Å². The van der Waals surface area contributed by atoms with E-state index < -0.39 is 0 Å². The lowest BCUT2D eigenvalue weighted by molar-refractivity contribution is 0.118. The minimum Gasteiger partial charge on any atom is -0.377 e. The Hall–Kier alpha value is -1.19. The van der Waals surface area contributed by atoms with Gasteiger partial charge in [-0.2, -0.15) is 0 Å². The van der Waals surface area contributed by atoms with Crippen molar-refractivity contribution < 1.29 is 9.13 Å². The molecule has 0 fully saturated rings. The molecule has 0 bridgehead atoms. The van der Waals surface area contributed by atoms with Gasteiger partial charge in [0.05, 0.1) is 6.61 Å². The van der Waals surface area contributed by atoms with Crippen LogP contribution in [-0.4, -0.2) is 6.61 Å². The molecule has 2 aromatic rings. The van der Waals surface area contributed by atoms with Crippen LogP contribution in [0.15, 0.2) is 53.0 Å². The highest BCUT2D eigenvalue weighted by Gasteiger charge is 2.01. The Morgan fingerprint density at radius 2 is 1.84 bits per heavy atom. The molecule has 2 rings (SSSR count). The number of ether oxygens (including phenoxy) is 1. The summed E-state index contributed by atoms with van der Waals surface area (Å²) < 4.78 is 19.3. The number of hydrogen-bond acceptors (Lipinski definition) is 1. The van der Waals surface area contributed by atoms with Crippen LogP contribution in [-0.2, 0) is 17.8 Å². The lowest BCUT2D eigenvalue weighted by Gasteiger charge is -2.06. The van der Waals surface area contributed by atoms with Crippen LogP contribution in [0.4, 0.5) is 4.39 Å². The molecule has 19 heavy (non-hydrogen) atoms. The maximum Gasteiger partial charge on any atom is 0.124 e. The van der Waals surface area contributed by atoms with Crippen molar-refractivity contribution in [1.82, 2.24) is 0 Å². The van der Waals surface area contributed by atoms with Gasteiger partial charge >= 0.3 is 0 Å². The van der Waals surface area contributed by atoms with Crippen molar-refractivity contribution in [3.8, 4) is 0 Å². The zero-order valence-electron chi connectivity index (χ0n) is 10.6. The Morgan fingerprint density at radius 3 is 2.58 bits per heavy atom. The van der Waals surface area contributed by atoms with Crippen LogP contribution in [0, 0.1) is 5.82 Å². The van der Waals surface area contributed by atoms with Gasteiger partial charge in [0.1, 0.15) is 5.82 Å². The van der Waals surface area contributed by atoms with Gasteiger partial charge in [0, 0.05) is 11.1 Å². The minimum absolute atomic E-state index is 0.236. The summed E-state index contributed by atoms with van der Waals surface area (Å²) in [5.74, 6) is -0.236. The first-order chi connectivity index (χ1) is 9.25. The molecule has 1 nitrogen and oxygen atoms in total. The number of halogens is 2. The second kappa shape index (κ2) is 7.41. The zero-order valence-corrected chi connectivity index (χ0v) is 12.2. The van der Waals surface area contributed by atoms with E-state index >= 15 is 0 Å². The minimum atomic E-state index is -0.236. The van der Waals surface area contributed by atoms with E-state index in [1.807, 2.05) is 18.2 Å². The molecule has 0 unspecified atom stereocenters. The summed E-state index contributed by atoms with van der Waals surface area (Å²) in [7, 11) is 0. The second-order valence-electron chi connectivity index (χ2n) is 4.38. The molecule has 0 saturated heterocycles. The normalized spacial score (nSPS) is 10.6. The van der Waals surface area contributed by atoms with Gasteiger partial charge in [0.15, 0.2) is 0 Å². The Kier molecular flexibility index (Phi) is 5.55. The van der Waals surface area contributed by atoms with Gasteiger partial charge in [0.25, 0.3) is 0 Å². The molecule has 0 heterocycles. The highest BCUT2D eigenvalue weighted by molar-refractivity contribution is 9.10. The molecule has 0 atom stereocenters. The SMILES string of the molecule is Fc1ccc(COCCCc2ccccc2)c(Br)c1. The average Bonchev–Trinajstić information content (AvgIpc) is 2.42. The first-order valence-corrected chi connectivity index (χ1v) is 7.10. The van der Waals surface area contributed by atoms with Crippen LogP contribution in [0.25, 0.3) is 0 Å². The molecular weight excluding hydrogens is 307 g/mol. The molecular formula is C16H16BrFO. The van der Waals surface area contributed by atoms with Crippen LogP contribution in [0.2, 0.25) is 0 Å². The van der Waals surface area contributed by atoms with Crippen molar-refractivity contribution in [2.75, 3.05) is 6.61 Å². The van der Waals surface area contributed by atoms with Gasteiger partial charge < -0.3 is 4.74 Å². The highest BCUT2D eigenvalue weighted by atomic mass is 79.9. The van der Waals surface area contributed by atoms with Crippen LogP contribution >= 0.6 is 15.9 Å². The van der Waals surface area contributed by atoms with Gasteiger partial charge in [-0.05, 0) is 36.1 Å². The summed E-state index contributed by atoms with van der Waals surface area (Å²) in [6.45, 7) is 1.22. The molecule has 100 valence electrons. The predicted octanol–water partition coefficient (Wildman–Crippen LogP) is 4.74. The Labute approximate surface area is 121 Å². The summed E-state index contributed by atoms with van der Waals surface area (Å²) in [5, 5.41) is 0. The van der Waals surface area contributed by atoms with Crippen molar-refractivity contribution in [2.24, 2.45) is 0 Å². The quantitative estimate of drug-likeness (QED) is 0.698. The third-order valence-corrected chi connectivity index (χ3v) is 3.61. The fraction of sp³-hybridized carbons (Fsp3) is 0.250. The van der Waals surface area contributed by atoms with E-state index in [9.17, 15) is 4.39 Å². The number of aryl methyl sites for hydroxylation is 1. The molecule has 0 N–H and O–H groups in total. The molecule has 0 amide bonds. The molecule has 0 aliphatic heterocycles. The fourth-order valence-corrected chi connectivity index (χ4v) is 2.31. The Bertz CT molecular complexity index is 513. The van der Waals surface area contributed by atoms with E-state index in [0.717, 1.165) is 22.9 Å². The molecule has 2 aromatic carbocycles. The molecule has 0 aromatic heterocycles. The predicted molar refractivity (Wildman–Crippen MR) is 78.5 cm³/mol. The van der Waals surface area contributed by atoms with Crippen LogP contribution in [0.3, 0.4) is 0 Å². The molecule has 3 heteroatoms. The maximum atomic E-state index is 12.9. The van der Waals surface area contributed by atoms with Gasteiger partial charge in [0.2, 0.25) is 0 Å². The Balaban J connectivity index is 1.69. The van der Waals surface area contributed by atoms with Crippen molar-refractivity contribution >= 4 is 15.9 Å². The van der Waals surface area contributed by atoms with Gasteiger partial charge in [-0.15, -0.1) is 0 Å². The van der Waals surface area contributed by atoms with Crippen molar-refractivity contribution in [2.45, 2.75) is 19.4 Å². The molecule has 0 spiro atoms. The standard InChI is InChI=1S/C16H16BrFO/c17-16-11-15(18)9-8-14(16)12-19-10-4-7-13-5-2-1-3-6-13/h1-3,5-6,8-9,11H,4,7,10,12H2. The van der Waals surface area contributed by atoms with E-state index in [1.54, 1.807) is 6.07 Å². The van der Waals surface area contributed by atoms with Gasteiger partial charge in [-0.3, -0.25) is 0 Å². The average molecular weight is 323 g/mol. The summed E-state index contributed by atoms with van der Waals surface area (Å²) in [6, 6.07) is 15.0.